The molecule has 0 heterocycles. The van der Waals surface area contributed by atoms with Crippen LogP contribution in [0.25, 0.3) is 11.1 Å². The number of benzene rings is 2. The highest BCUT2D eigenvalue weighted by Gasteiger charge is 2.14. The molecule has 0 unspecified atom stereocenters. The van der Waals surface area contributed by atoms with Crippen LogP contribution in [0.5, 0.6) is 0 Å². The summed E-state index contributed by atoms with van der Waals surface area (Å²) in [6.45, 7) is 0.119. The Labute approximate surface area is 140 Å². The molecule has 0 aliphatic heterocycles. The second-order valence-corrected chi connectivity index (χ2v) is 7.71. The van der Waals surface area contributed by atoms with Gasteiger partial charge in [0, 0.05) is 18.2 Å². The van der Waals surface area contributed by atoms with Crippen LogP contribution in [0.3, 0.4) is 0 Å². The zero-order valence-corrected chi connectivity index (χ0v) is 14.0. The molecular weight excluding hydrogens is 334 g/mol. The van der Waals surface area contributed by atoms with E-state index in [0.29, 0.717) is 18.4 Å². The molecule has 0 radical (unpaired) electrons. The van der Waals surface area contributed by atoms with Crippen LogP contribution < -0.4 is 0 Å². The minimum atomic E-state index is -3.38. The highest BCUT2D eigenvalue weighted by atomic mass is 32.2. The summed E-state index contributed by atoms with van der Waals surface area (Å²) in [5.41, 5.74) is 0.721. The molecule has 0 aliphatic carbocycles. The van der Waals surface area contributed by atoms with Gasteiger partial charge in [-0.1, -0.05) is 25.0 Å². The number of aliphatic hydroxyl groups is 1. The van der Waals surface area contributed by atoms with Crippen molar-refractivity contribution < 1.29 is 22.3 Å². The molecule has 2 rings (SSSR count). The lowest BCUT2D eigenvalue weighted by molar-refractivity contribution is 0.283. The predicted octanol–water partition coefficient (Wildman–Crippen LogP) is 3.96. The third-order valence-electron chi connectivity index (χ3n) is 3.78. The largest absolute Gasteiger partial charge is 0.396 e. The number of hydrogen-bond donors (Lipinski definition) is 1. The fourth-order valence-electron chi connectivity index (χ4n) is 2.44. The summed E-state index contributed by atoms with van der Waals surface area (Å²) in [5.74, 6) is -1.30. The molecule has 0 saturated carbocycles. The van der Waals surface area contributed by atoms with E-state index in [-0.39, 0.29) is 22.8 Å². The molecule has 1 N–H and O–H groups in total. The smallest absolute Gasteiger partial charge is 0.178 e. The first-order valence-corrected chi connectivity index (χ1v) is 9.48. The topological polar surface area (TPSA) is 54.4 Å². The molecule has 3 nitrogen and oxygen atoms in total. The molecule has 6 heteroatoms. The van der Waals surface area contributed by atoms with Gasteiger partial charge < -0.3 is 5.11 Å². The number of aliphatic hydroxyl groups excluding tert-OH is 1. The van der Waals surface area contributed by atoms with Gasteiger partial charge in [0.05, 0.1) is 10.6 Å². The van der Waals surface area contributed by atoms with E-state index in [0.717, 1.165) is 25.0 Å². The first-order chi connectivity index (χ1) is 11.4. The highest BCUT2D eigenvalue weighted by molar-refractivity contribution is 7.91. The van der Waals surface area contributed by atoms with Crippen LogP contribution in [0.4, 0.5) is 8.78 Å². The molecule has 130 valence electrons. The first kappa shape index (κ1) is 18.5. The highest BCUT2D eigenvalue weighted by Crippen LogP contribution is 2.25. The number of unbranched alkanes of at least 4 members (excludes halogenated alkanes) is 3. The predicted molar refractivity (Wildman–Crippen MR) is 89.4 cm³/mol. The monoisotopic (exact) mass is 354 g/mol. The lowest BCUT2D eigenvalue weighted by atomic mass is 10.1. The summed E-state index contributed by atoms with van der Waals surface area (Å²) >= 11 is 0. The Morgan fingerprint density at radius 1 is 0.875 bits per heavy atom. The molecule has 2 aromatic rings. The van der Waals surface area contributed by atoms with Gasteiger partial charge >= 0.3 is 0 Å². The van der Waals surface area contributed by atoms with Gasteiger partial charge in [-0.2, -0.15) is 0 Å². The normalized spacial score (nSPS) is 11.6. The molecule has 0 saturated heterocycles. The molecule has 2 aromatic carbocycles. The van der Waals surface area contributed by atoms with E-state index >= 15 is 0 Å². The maximum atomic E-state index is 13.8. The SMILES string of the molecule is O=S(=O)(CCCCCCO)c1ccc(-c2ccc(F)cc2F)cc1. The Hall–Kier alpha value is -1.79. The number of hydrogen-bond acceptors (Lipinski definition) is 3. The van der Waals surface area contributed by atoms with Crippen LogP contribution in [0.15, 0.2) is 47.4 Å². The van der Waals surface area contributed by atoms with Crippen LogP contribution in [-0.2, 0) is 9.84 Å². The van der Waals surface area contributed by atoms with Crippen LogP contribution in [0.1, 0.15) is 25.7 Å². The van der Waals surface area contributed by atoms with Gasteiger partial charge in [-0.3, -0.25) is 0 Å². The Kier molecular flexibility index (Phi) is 6.45. The van der Waals surface area contributed by atoms with Crippen molar-refractivity contribution in [2.75, 3.05) is 12.4 Å². The Morgan fingerprint density at radius 3 is 2.17 bits per heavy atom. The van der Waals surface area contributed by atoms with Crippen molar-refractivity contribution in [2.24, 2.45) is 0 Å². The van der Waals surface area contributed by atoms with Crippen molar-refractivity contribution in [3.05, 3.63) is 54.1 Å². The number of sulfone groups is 1. The Morgan fingerprint density at radius 2 is 1.54 bits per heavy atom. The van der Waals surface area contributed by atoms with E-state index in [1.54, 1.807) is 0 Å². The van der Waals surface area contributed by atoms with Gasteiger partial charge in [0.2, 0.25) is 0 Å². The van der Waals surface area contributed by atoms with Crippen molar-refractivity contribution in [3.8, 4) is 11.1 Å². The van der Waals surface area contributed by atoms with Gasteiger partial charge in [0.15, 0.2) is 9.84 Å². The van der Waals surface area contributed by atoms with Crippen molar-refractivity contribution in [1.29, 1.82) is 0 Å². The average molecular weight is 354 g/mol. The summed E-state index contributed by atoms with van der Waals surface area (Å²) in [5, 5.41) is 8.69. The van der Waals surface area contributed by atoms with Crippen LogP contribution in [0.2, 0.25) is 0 Å². The molecule has 0 spiro atoms. The minimum absolute atomic E-state index is 0.0443. The van der Waals surface area contributed by atoms with E-state index in [9.17, 15) is 17.2 Å². The Balaban J connectivity index is 2.08. The zero-order valence-electron chi connectivity index (χ0n) is 13.2. The standard InChI is InChI=1S/C18H20F2O3S/c19-15-7-10-17(18(20)13-15)14-5-8-16(9-6-14)24(22,23)12-4-2-1-3-11-21/h5-10,13,21H,1-4,11-12H2. The summed E-state index contributed by atoms with van der Waals surface area (Å²) in [7, 11) is -3.38. The van der Waals surface area contributed by atoms with E-state index in [4.69, 9.17) is 5.11 Å². The summed E-state index contributed by atoms with van der Waals surface area (Å²) in [6.07, 6.45) is 2.77. The lowest BCUT2D eigenvalue weighted by Crippen LogP contribution is -2.06. The van der Waals surface area contributed by atoms with Gasteiger partial charge in [-0.25, -0.2) is 17.2 Å². The molecule has 0 aromatic heterocycles. The van der Waals surface area contributed by atoms with E-state index < -0.39 is 21.5 Å². The van der Waals surface area contributed by atoms with Crippen molar-refractivity contribution in [3.63, 3.8) is 0 Å². The zero-order chi connectivity index (χ0) is 17.6. The third kappa shape index (κ3) is 4.85. The Bertz CT molecular complexity index is 771. The molecular formula is C18H20F2O3S. The second kappa shape index (κ2) is 8.35. The molecule has 0 amide bonds. The van der Waals surface area contributed by atoms with Gasteiger partial charge in [0.1, 0.15) is 11.6 Å². The second-order valence-electron chi connectivity index (χ2n) is 5.61. The lowest BCUT2D eigenvalue weighted by Gasteiger charge is -2.07. The van der Waals surface area contributed by atoms with E-state index in [1.807, 2.05) is 0 Å². The summed E-state index contributed by atoms with van der Waals surface area (Å²) < 4.78 is 51.2. The van der Waals surface area contributed by atoms with Gasteiger partial charge in [-0.05, 0) is 42.7 Å². The third-order valence-corrected chi connectivity index (χ3v) is 5.59. The van der Waals surface area contributed by atoms with E-state index in [1.165, 1.54) is 30.3 Å². The molecule has 0 aliphatic rings. The number of halogens is 2. The fourth-order valence-corrected chi connectivity index (χ4v) is 3.81. The van der Waals surface area contributed by atoms with Crippen LogP contribution >= 0.6 is 0 Å². The quantitative estimate of drug-likeness (QED) is 0.730. The fraction of sp³-hybridized carbons (Fsp3) is 0.333. The first-order valence-electron chi connectivity index (χ1n) is 7.83. The molecule has 24 heavy (non-hydrogen) atoms. The van der Waals surface area contributed by atoms with Crippen LogP contribution in [-0.4, -0.2) is 25.9 Å². The summed E-state index contributed by atoms with van der Waals surface area (Å²) in [6, 6.07) is 9.23. The van der Waals surface area contributed by atoms with Crippen molar-refractivity contribution in [1.82, 2.24) is 0 Å². The molecule has 0 fully saturated rings. The van der Waals surface area contributed by atoms with Crippen molar-refractivity contribution >= 4 is 9.84 Å². The average Bonchev–Trinajstić information content (AvgIpc) is 2.55. The maximum Gasteiger partial charge on any atom is 0.178 e. The summed E-state index contributed by atoms with van der Waals surface area (Å²) in [4.78, 5) is 0.191. The molecule has 0 bridgehead atoms. The van der Waals surface area contributed by atoms with E-state index in [2.05, 4.69) is 0 Å². The van der Waals surface area contributed by atoms with Gasteiger partial charge in [-0.15, -0.1) is 0 Å². The maximum absolute atomic E-state index is 13.8. The van der Waals surface area contributed by atoms with Crippen molar-refractivity contribution in [2.45, 2.75) is 30.6 Å². The minimum Gasteiger partial charge on any atom is -0.396 e. The van der Waals surface area contributed by atoms with Gasteiger partial charge in [0.25, 0.3) is 0 Å². The number of rotatable bonds is 8. The molecule has 0 atom stereocenters. The van der Waals surface area contributed by atoms with Crippen LogP contribution in [0, 0.1) is 11.6 Å².